The molecule has 1 aromatic heterocycles. The molecule has 0 aliphatic heterocycles. The van der Waals surface area contributed by atoms with Crippen LogP contribution in [0.15, 0.2) is 41.8 Å². The van der Waals surface area contributed by atoms with E-state index in [1.165, 1.54) is 16.0 Å². The molecule has 0 fully saturated rings. The van der Waals surface area contributed by atoms with Crippen molar-refractivity contribution in [1.29, 1.82) is 0 Å². The van der Waals surface area contributed by atoms with Crippen LogP contribution in [-0.2, 0) is 19.5 Å². The first-order valence-electron chi connectivity index (χ1n) is 6.72. The Labute approximate surface area is 120 Å². The summed E-state index contributed by atoms with van der Waals surface area (Å²) in [5.74, 6) is 0. The smallest absolute Gasteiger partial charge is 0.0234 e. The van der Waals surface area contributed by atoms with Crippen LogP contribution in [0.2, 0.25) is 0 Å². The first-order valence-corrected chi connectivity index (χ1v) is 7.60. The highest BCUT2D eigenvalue weighted by atomic mass is 32.1. The van der Waals surface area contributed by atoms with Gasteiger partial charge in [0.2, 0.25) is 0 Å². The molecule has 2 rings (SSSR count). The molecular formula is C16H22N2S. The van der Waals surface area contributed by atoms with Crippen molar-refractivity contribution < 1.29 is 0 Å². The predicted octanol–water partition coefficient (Wildman–Crippen LogP) is 3.14. The summed E-state index contributed by atoms with van der Waals surface area (Å²) in [5.41, 5.74) is 2.82. The van der Waals surface area contributed by atoms with Crippen LogP contribution in [0.4, 0.5) is 0 Å². The Morgan fingerprint density at radius 1 is 1.11 bits per heavy atom. The molecule has 1 aromatic carbocycles. The summed E-state index contributed by atoms with van der Waals surface area (Å²) >= 11 is 1.85. The molecular weight excluding hydrogens is 252 g/mol. The summed E-state index contributed by atoms with van der Waals surface area (Å²) in [6, 6.07) is 13.0. The van der Waals surface area contributed by atoms with Gasteiger partial charge >= 0.3 is 0 Å². The Bertz CT molecular complexity index is 479. The SMILES string of the molecule is CNCc1ccccc1CN(C)CCc1cccs1. The molecule has 0 spiro atoms. The topological polar surface area (TPSA) is 15.3 Å². The van der Waals surface area contributed by atoms with E-state index in [-0.39, 0.29) is 0 Å². The maximum Gasteiger partial charge on any atom is 0.0234 e. The van der Waals surface area contributed by atoms with Crippen molar-refractivity contribution in [2.45, 2.75) is 19.5 Å². The molecule has 0 atom stereocenters. The molecule has 19 heavy (non-hydrogen) atoms. The summed E-state index contributed by atoms with van der Waals surface area (Å²) in [7, 11) is 4.20. The van der Waals surface area contributed by atoms with Crippen molar-refractivity contribution in [3.05, 3.63) is 57.8 Å². The molecule has 0 unspecified atom stereocenters. The molecule has 0 bridgehead atoms. The fourth-order valence-electron chi connectivity index (χ4n) is 2.20. The summed E-state index contributed by atoms with van der Waals surface area (Å²) in [6.45, 7) is 3.06. The Hall–Kier alpha value is -1.16. The maximum atomic E-state index is 3.24. The average Bonchev–Trinajstić information content (AvgIpc) is 2.92. The van der Waals surface area contributed by atoms with Crippen molar-refractivity contribution in [2.75, 3.05) is 20.6 Å². The zero-order valence-electron chi connectivity index (χ0n) is 11.7. The van der Waals surface area contributed by atoms with Gasteiger partial charge in [-0.2, -0.15) is 0 Å². The molecule has 102 valence electrons. The molecule has 0 aliphatic rings. The zero-order valence-corrected chi connectivity index (χ0v) is 12.5. The molecule has 3 heteroatoms. The number of nitrogens with zero attached hydrogens (tertiary/aromatic N) is 1. The quantitative estimate of drug-likeness (QED) is 0.834. The van der Waals surface area contributed by atoms with Gasteiger partial charge in [0, 0.05) is 24.5 Å². The van der Waals surface area contributed by atoms with Crippen LogP contribution in [0.3, 0.4) is 0 Å². The Kier molecular flexibility index (Phi) is 5.58. The minimum absolute atomic E-state index is 0.939. The van der Waals surface area contributed by atoms with Gasteiger partial charge in [-0.05, 0) is 43.1 Å². The highest BCUT2D eigenvalue weighted by molar-refractivity contribution is 7.09. The minimum Gasteiger partial charge on any atom is -0.316 e. The van der Waals surface area contributed by atoms with E-state index < -0.39 is 0 Å². The lowest BCUT2D eigenvalue weighted by Crippen LogP contribution is -2.22. The van der Waals surface area contributed by atoms with E-state index >= 15 is 0 Å². The Balaban J connectivity index is 1.89. The lowest BCUT2D eigenvalue weighted by atomic mass is 10.1. The van der Waals surface area contributed by atoms with Crippen molar-refractivity contribution in [3.8, 4) is 0 Å². The third-order valence-electron chi connectivity index (χ3n) is 3.25. The van der Waals surface area contributed by atoms with E-state index in [1.807, 2.05) is 18.4 Å². The van der Waals surface area contributed by atoms with Gasteiger partial charge in [0.05, 0.1) is 0 Å². The lowest BCUT2D eigenvalue weighted by molar-refractivity contribution is 0.331. The number of benzene rings is 1. The van der Waals surface area contributed by atoms with E-state index in [0.717, 1.165) is 26.1 Å². The Morgan fingerprint density at radius 3 is 2.58 bits per heavy atom. The van der Waals surface area contributed by atoms with E-state index in [1.54, 1.807) is 0 Å². The second kappa shape index (κ2) is 7.43. The average molecular weight is 274 g/mol. The maximum absolute atomic E-state index is 3.24. The van der Waals surface area contributed by atoms with Gasteiger partial charge in [0.15, 0.2) is 0 Å². The second-order valence-corrected chi connectivity index (χ2v) is 5.90. The van der Waals surface area contributed by atoms with Gasteiger partial charge in [-0.15, -0.1) is 11.3 Å². The number of hydrogen-bond acceptors (Lipinski definition) is 3. The summed E-state index contributed by atoms with van der Waals surface area (Å²) in [5, 5.41) is 5.39. The van der Waals surface area contributed by atoms with Crippen LogP contribution in [0, 0.1) is 0 Å². The molecule has 1 heterocycles. The van der Waals surface area contributed by atoms with Crippen LogP contribution in [-0.4, -0.2) is 25.5 Å². The summed E-state index contributed by atoms with van der Waals surface area (Å²) in [4.78, 5) is 3.86. The molecule has 0 radical (unpaired) electrons. The number of likely N-dealkylation sites (N-methyl/N-ethyl adjacent to an activating group) is 1. The number of nitrogens with one attached hydrogen (secondary N) is 1. The van der Waals surface area contributed by atoms with Gasteiger partial charge in [-0.3, -0.25) is 0 Å². The van der Waals surface area contributed by atoms with Crippen molar-refractivity contribution in [3.63, 3.8) is 0 Å². The largest absolute Gasteiger partial charge is 0.316 e. The highest BCUT2D eigenvalue weighted by Crippen LogP contribution is 2.13. The molecule has 0 saturated heterocycles. The minimum atomic E-state index is 0.939. The fourth-order valence-corrected chi connectivity index (χ4v) is 2.90. The first-order chi connectivity index (χ1) is 9.29. The van der Waals surface area contributed by atoms with Crippen molar-refractivity contribution >= 4 is 11.3 Å². The lowest BCUT2D eigenvalue weighted by Gasteiger charge is -2.18. The van der Waals surface area contributed by atoms with Gasteiger partial charge in [0.1, 0.15) is 0 Å². The normalized spacial score (nSPS) is 11.1. The van der Waals surface area contributed by atoms with Crippen molar-refractivity contribution in [2.24, 2.45) is 0 Å². The van der Waals surface area contributed by atoms with E-state index in [2.05, 4.69) is 59.0 Å². The summed E-state index contributed by atoms with van der Waals surface area (Å²) < 4.78 is 0. The summed E-state index contributed by atoms with van der Waals surface area (Å²) in [6.07, 6.45) is 1.14. The van der Waals surface area contributed by atoms with Gasteiger partial charge in [-0.1, -0.05) is 30.3 Å². The molecule has 0 aliphatic carbocycles. The van der Waals surface area contributed by atoms with Crippen LogP contribution in [0.25, 0.3) is 0 Å². The van der Waals surface area contributed by atoms with E-state index in [4.69, 9.17) is 0 Å². The van der Waals surface area contributed by atoms with Crippen LogP contribution >= 0.6 is 11.3 Å². The third-order valence-corrected chi connectivity index (χ3v) is 4.18. The number of hydrogen-bond donors (Lipinski definition) is 1. The van der Waals surface area contributed by atoms with Crippen LogP contribution in [0.5, 0.6) is 0 Å². The highest BCUT2D eigenvalue weighted by Gasteiger charge is 2.05. The van der Waals surface area contributed by atoms with Crippen LogP contribution < -0.4 is 5.32 Å². The molecule has 2 nitrogen and oxygen atoms in total. The van der Waals surface area contributed by atoms with Crippen molar-refractivity contribution in [1.82, 2.24) is 10.2 Å². The third kappa shape index (κ3) is 4.46. The number of rotatable bonds is 7. The van der Waals surface area contributed by atoms with E-state index in [9.17, 15) is 0 Å². The fraction of sp³-hybridized carbons (Fsp3) is 0.375. The molecule has 0 amide bonds. The van der Waals surface area contributed by atoms with Gasteiger partial charge < -0.3 is 10.2 Å². The zero-order chi connectivity index (χ0) is 13.5. The van der Waals surface area contributed by atoms with E-state index in [0.29, 0.717) is 0 Å². The second-order valence-electron chi connectivity index (χ2n) is 4.87. The monoisotopic (exact) mass is 274 g/mol. The standard InChI is InChI=1S/C16H22N2S/c1-17-12-14-6-3-4-7-15(14)13-18(2)10-9-16-8-5-11-19-16/h3-8,11,17H,9-10,12-13H2,1-2H3. The van der Waals surface area contributed by atoms with Crippen LogP contribution in [0.1, 0.15) is 16.0 Å². The molecule has 2 aromatic rings. The Morgan fingerprint density at radius 2 is 1.89 bits per heavy atom. The number of thiophene rings is 1. The first kappa shape index (κ1) is 14.3. The molecule has 0 saturated carbocycles. The van der Waals surface area contributed by atoms with Gasteiger partial charge in [-0.25, -0.2) is 0 Å². The predicted molar refractivity (Wildman–Crippen MR) is 83.6 cm³/mol. The molecule has 1 N–H and O–H groups in total. The van der Waals surface area contributed by atoms with Gasteiger partial charge in [0.25, 0.3) is 0 Å².